The van der Waals surface area contributed by atoms with Crippen LogP contribution in [0.15, 0.2) is 72.3 Å². The number of hydrogen-bond donors (Lipinski definition) is 1. The van der Waals surface area contributed by atoms with Crippen LogP contribution in [0.1, 0.15) is 36.3 Å². The minimum Gasteiger partial charge on any atom is -0.490 e. The summed E-state index contributed by atoms with van der Waals surface area (Å²) in [6, 6.07) is 22.9. The lowest BCUT2D eigenvalue weighted by molar-refractivity contribution is -0.134. The molecule has 6 nitrogen and oxygen atoms in total. The molecule has 2 aliphatic rings. The van der Waals surface area contributed by atoms with E-state index in [0.29, 0.717) is 36.8 Å². The van der Waals surface area contributed by atoms with E-state index in [4.69, 9.17) is 9.47 Å². The standard InChI is InChI=1S/C29H31NO4.H2O/c31-27(20-34-28-8-4-3-7-25(28)18-26-13-16-33-29(26)32)19-30-14-11-22(12-15-30)24-10-9-21-5-1-2-6-23(21)17-24;/h1-10,17-18,22,27,31H,11-16,19-20H2;1H2/t27-;/m1./s1. The summed E-state index contributed by atoms with van der Waals surface area (Å²) in [5.74, 6) is 0.974. The first-order valence-electron chi connectivity index (χ1n) is 12.1. The quantitative estimate of drug-likeness (QED) is 0.413. The van der Waals surface area contributed by atoms with Crippen molar-refractivity contribution in [2.75, 3.05) is 32.8 Å². The van der Waals surface area contributed by atoms with Gasteiger partial charge in [0.05, 0.1) is 6.61 Å². The Morgan fingerprint density at radius 2 is 1.77 bits per heavy atom. The largest absolute Gasteiger partial charge is 0.490 e. The Morgan fingerprint density at radius 3 is 2.54 bits per heavy atom. The number of ether oxygens (including phenoxy) is 2. The molecule has 2 heterocycles. The number of aliphatic hydroxyl groups is 1. The highest BCUT2D eigenvalue weighted by atomic mass is 16.5. The van der Waals surface area contributed by atoms with E-state index in [2.05, 4.69) is 47.4 Å². The predicted molar refractivity (Wildman–Crippen MR) is 137 cm³/mol. The zero-order valence-electron chi connectivity index (χ0n) is 19.9. The monoisotopic (exact) mass is 475 g/mol. The van der Waals surface area contributed by atoms with Gasteiger partial charge in [0, 0.05) is 24.1 Å². The minimum absolute atomic E-state index is 0. The maximum Gasteiger partial charge on any atom is 0.334 e. The van der Waals surface area contributed by atoms with E-state index in [1.807, 2.05) is 30.3 Å². The number of rotatable bonds is 7. The van der Waals surface area contributed by atoms with Crippen molar-refractivity contribution in [1.82, 2.24) is 4.90 Å². The Bertz CT molecular complexity index is 1180. The van der Waals surface area contributed by atoms with Crippen LogP contribution in [-0.2, 0) is 9.53 Å². The van der Waals surface area contributed by atoms with Gasteiger partial charge in [0.25, 0.3) is 0 Å². The molecule has 2 aliphatic heterocycles. The molecule has 184 valence electrons. The third kappa shape index (κ3) is 6.09. The third-order valence-corrected chi connectivity index (χ3v) is 6.85. The molecule has 2 saturated heterocycles. The van der Waals surface area contributed by atoms with Crippen LogP contribution in [-0.4, -0.2) is 60.4 Å². The zero-order chi connectivity index (χ0) is 23.3. The molecule has 0 aromatic heterocycles. The summed E-state index contributed by atoms with van der Waals surface area (Å²) in [6.07, 6.45) is 4.06. The van der Waals surface area contributed by atoms with Gasteiger partial charge in [-0.1, -0.05) is 60.7 Å². The van der Waals surface area contributed by atoms with Crippen LogP contribution in [0.4, 0.5) is 0 Å². The van der Waals surface area contributed by atoms with Crippen LogP contribution in [0, 0.1) is 0 Å². The minimum atomic E-state index is -0.575. The molecular weight excluding hydrogens is 442 g/mol. The van der Waals surface area contributed by atoms with Gasteiger partial charge < -0.3 is 25.0 Å². The number of esters is 1. The third-order valence-electron chi connectivity index (χ3n) is 6.85. The lowest BCUT2D eigenvalue weighted by Crippen LogP contribution is -2.40. The van der Waals surface area contributed by atoms with E-state index in [9.17, 15) is 9.90 Å². The van der Waals surface area contributed by atoms with Crippen molar-refractivity contribution in [2.24, 2.45) is 0 Å². The van der Waals surface area contributed by atoms with E-state index in [1.54, 1.807) is 0 Å². The van der Waals surface area contributed by atoms with Crippen molar-refractivity contribution >= 4 is 22.8 Å². The van der Waals surface area contributed by atoms with Crippen LogP contribution >= 0.6 is 0 Å². The summed E-state index contributed by atoms with van der Waals surface area (Å²) in [7, 11) is 0. The number of fused-ring (bicyclic) bond motifs is 1. The summed E-state index contributed by atoms with van der Waals surface area (Å²) >= 11 is 0. The molecule has 3 N–H and O–H groups in total. The first-order chi connectivity index (χ1) is 16.7. The Hall–Kier alpha value is -3.19. The van der Waals surface area contributed by atoms with Crippen molar-refractivity contribution < 1.29 is 24.9 Å². The van der Waals surface area contributed by atoms with Crippen molar-refractivity contribution in [3.8, 4) is 5.75 Å². The summed E-state index contributed by atoms with van der Waals surface area (Å²) < 4.78 is 11.0. The van der Waals surface area contributed by atoms with E-state index < -0.39 is 6.10 Å². The number of hydrogen-bond acceptors (Lipinski definition) is 5. The Morgan fingerprint density at radius 1 is 1.03 bits per heavy atom. The first-order valence-corrected chi connectivity index (χ1v) is 12.1. The van der Waals surface area contributed by atoms with Crippen molar-refractivity contribution in [3.63, 3.8) is 0 Å². The Kier molecular flexibility index (Phi) is 8.18. The Balaban J connectivity index is 0.00000289. The Labute approximate surface area is 206 Å². The number of benzene rings is 3. The van der Waals surface area contributed by atoms with Crippen molar-refractivity contribution in [2.45, 2.75) is 31.3 Å². The topological polar surface area (TPSA) is 90.5 Å². The molecule has 0 amide bonds. The fraction of sp³-hybridized carbons (Fsp3) is 0.345. The van der Waals surface area contributed by atoms with Gasteiger partial charge in [0.2, 0.25) is 0 Å². The second-order valence-electron chi connectivity index (χ2n) is 9.24. The average Bonchev–Trinajstić information content (AvgIpc) is 3.28. The molecule has 0 aliphatic carbocycles. The van der Waals surface area contributed by atoms with Gasteiger partial charge >= 0.3 is 5.97 Å². The van der Waals surface area contributed by atoms with Crippen LogP contribution < -0.4 is 4.74 Å². The highest BCUT2D eigenvalue weighted by Gasteiger charge is 2.23. The van der Waals surface area contributed by atoms with E-state index in [-0.39, 0.29) is 18.1 Å². The molecule has 0 radical (unpaired) electrons. The number of carbonyl (C=O) groups excluding carboxylic acids is 1. The average molecular weight is 476 g/mol. The molecule has 1 atom stereocenters. The van der Waals surface area contributed by atoms with Crippen LogP contribution in [0.3, 0.4) is 0 Å². The number of piperidine rings is 1. The highest BCUT2D eigenvalue weighted by Crippen LogP contribution is 2.30. The lowest BCUT2D eigenvalue weighted by Gasteiger charge is -2.33. The van der Waals surface area contributed by atoms with E-state index in [0.717, 1.165) is 31.5 Å². The predicted octanol–water partition coefficient (Wildman–Crippen LogP) is 3.96. The molecular formula is C29H33NO5. The second kappa shape index (κ2) is 11.5. The molecule has 35 heavy (non-hydrogen) atoms. The van der Waals surface area contributed by atoms with Crippen LogP contribution in [0.5, 0.6) is 5.75 Å². The molecule has 0 bridgehead atoms. The van der Waals surface area contributed by atoms with E-state index in [1.165, 1.54) is 16.3 Å². The summed E-state index contributed by atoms with van der Waals surface area (Å²) in [6.45, 7) is 3.19. The number of carbonyl (C=O) groups is 1. The number of β-amino-alcohol motifs (C(OH)–C–C–N with tert-alkyl or cyclic N) is 1. The fourth-order valence-electron chi connectivity index (χ4n) is 4.95. The number of nitrogens with zero attached hydrogens (tertiary/aromatic N) is 1. The lowest BCUT2D eigenvalue weighted by atomic mass is 9.88. The molecule has 3 aromatic carbocycles. The van der Waals surface area contributed by atoms with Gasteiger partial charge in [-0.05, 0) is 60.3 Å². The number of cyclic esters (lactones) is 1. The first kappa shape index (κ1) is 24.9. The van der Waals surface area contributed by atoms with Gasteiger partial charge in [-0.2, -0.15) is 0 Å². The SMILES string of the molecule is O.O=C1OCCC1=Cc1ccccc1OC[C@H](O)CN1CCC(c2ccc3ccccc3c2)CC1. The summed E-state index contributed by atoms with van der Waals surface area (Å²) in [5.41, 5.74) is 2.91. The van der Waals surface area contributed by atoms with Crippen molar-refractivity contribution in [1.29, 1.82) is 0 Å². The van der Waals surface area contributed by atoms with Gasteiger partial charge in [0.15, 0.2) is 0 Å². The normalized spacial score (nSPS) is 18.9. The summed E-state index contributed by atoms with van der Waals surface area (Å²) in [5, 5.41) is 13.2. The van der Waals surface area contributed by atoms with Gasteiger partial charge in [-0.3, -0.25) is 0 Å². The van der Waals surface area contributed by atoms with Gasteiger partial charge in [-0.15, -0.1) is 0 Å². The van der Waals surface area contributed by atoms with Gasteiger partial charge in [0.1, 0.15) is 18.5 Å². The zero-order valence-corrected chi connectivity index (χ0v) is 19.9. The van der Waals surface area contributed by atoms with Crippen molar-refractivity contribution in [3.05, 3.63) is 83.4 Å². The fourth-order valence-corrected chi connectivity index (χ4v) is 4.95. The van der Waals surface area contributed by atoms with Crippen LogP contribution in [0.2, 0.25) is 0 Å². The molecule has 6 heteroatoms. The molecule has 0 unspecified atom stereocenters. The number of aliphatic hydroxyl groups excluding tert-OH is 1. The molecule has 3 aromatic rings. The molecule has 0 saturated carbocycles. The second-order valence-corrected chi connectivity index (χ2v) is 9.24. The molecule has 5 rings (SSSR count). The highest BCUT2D eigenvalue weighted by molar-refractivity contribution is 5.95. The molecule has 2 fully saturated rings. The maximum atomic E-state index is 11.8. The van der Waals surface area contributed by atoms with Crippen LogP contribution in [0.25, 0.3) is 16.8 Å². The smallest absolute Gasteiger partial charge is 0.334 e. The number of likely N-dealkylation sites (tertiary alicyclic amines) is 1. The van der Waals surface area contributed by atoms with Gasteiger partial charge in [-0.25, -0.2) is 4.79 Å². The number of para-hydroxylation sites is 1. The van der Waals surface area contributed by atoms with E-state index >= 15 is 0 Å². The molecule has 0 spiro atoms. The maximum absolute atomic E-state index is 11.8. The summed E-state index contributed by atoms with van der Waals surface area (Å²) in [4.78, 5) is 14.1.